The number of nitriles is 1. The van der Waals surface area contributed by atoms with Gasteiger partial charge in [-0.05, 0) is 18.2 Å². The minimum Gasteiger partial charge on any atom is -0.469 e. The molecule has 118 valence electrons. The van der Waals surface area contributed by atoms with Crippen LogP contribution < -0.4 is 10.6 Å². The monoisotopic (exact) mass is 350 g/mol. The number of halogens is 1. The largest absolute Gasteiger partial charge is 0.469 e. The highest BCUT2D eigenvalue weighted by molar-refractivity contribution is 7.15. The summed E-state index contributed by atoms with van der Waals surface area (Å²) in [6.45, 7) is 0. The van der Waals surface area contributed by atoms with Crippen LogP contribution in [0.2, 0.25) is 5.02 Å². The molecule has 1 heterocycles. The van der Waals surface area contributed by atoms with E-state index in [9.17, 15) is 9.59 Å². The van der Waals surface area contributed by atoms with Crippen LogP contribution in [0.1, 0.15) is 10.4 Å². The number of benzene rings is 1. The first-order valence-electron chi connectivity index (χ1n) is 6.31. The zero-order chi connectivity index (χ0) is 16.8. The smallest absolute Gasteiger partial charge is 0.325 e. The fourth-order valence-corrected chi connectivity index (χ4v) is 2.62. The molecule has 0 aliphatic rings. The molecule has 0 radical (unpaired) electrons. The van der Waals surface area contributed by atoms with Gasteiger partial charge in [-0.3, -0.25) is 10.1 Å². The van der Waals surface area contributed by atoms with Crippen molar-refractivity contribution in [1.82, 2.24) is 4.98 Å². The third kappa shape index (κ3) is 4.67. The lowest BCUT2D eigenvalue weighted by molar-refractivity contribution is -0.139. The van der Waals surface area contributed by atoms with Crippen LogP contribution in [0.4, 0.5) is 15.6 Å². The maximum atomic E-state index is 11.9. The second-order valence-corrected chi connectivity index (χ2v) is 5.79. The van der Waals surface area contributed by atoms with E-state index in [2.05, 4.69) is 20.4 Å². The molecule has 0 aliphatic heterocycles. The van der Waals surface area contributed by atoms with Gasteiger partial charge in [-0.25, -0.2) is 9.78 Å². The Morgan fingerprint density at radius 3 is 2.87 bits per heavy atom. The highest BCUT2D eigenvalue weighted by Gasteiger charge is 2.10. The van der Waals surface area contributed by atoms with Crippen LogP contribution in [0.25, 0.3) is 0 Å². The molecule has 0 aliphatic carbocycles. The van der Waals surface area contributed by atoms with Gasteiger partial charge in [-0.2, -0.15) is 5.26 Å². The summed E-state index contributed by atoms with van der Waals surface area (Å²) in [7, 11) is 1.30. The molecular weight excluding hydrogens is 340 g/mol. The molecule has 0 atom stereocenters. The quantitative estimate of drug-likeness (QED) is 0.825. The molecule has 1 aromatic heterocycles. The Morgan fingerprint density at radius 1 is 1.43 bits per heavy atom. The summed E-state index contributed by atoms with van der Waals surface area (Å²) < 4.78 is 4.56. The fraction of sp³-hybridized carbons (Fsp3) is 0.143. The minimum absolute atomic E-state index is 0.0999. The number of urea groups is 1. The molecule has 1 aromatic carbocycles. The highest BCUT2D eigenvalue weighted by Crippen LogP contribution is 2.21. The number of thiazole rings is 1. The van der Waals surface area contributed by atoms with Gasteiger partial charge in [0.05, 0.1) is 24.1 Å². The Kier molecular flexibility index (Phi) is 5.51. The lowest BCUT2D eigenvalue weighted by atomic mass is 10.2. The summed E-state index contributed by atoms with van der Waals surface area (Å²) in [5.74, 6) is -0.378. The van der Waals surface area contributed by atoms with Crippen molar-refractivity contribution in [3.8, 4) is 6.07 Å². The molecule has 2 rings (SSSR count). The average molecular weight is 351 g/mol. The number of rotatable bonds is 4. The second-order valence-electron chi connectivity index (χ2n) is 4.27. The Hall–Kier alpha value is -2.63. The van der Waals surface area contributed by atoms with Crippen molar-refractivity contribution in [2.45, 2.75) is 6.42 Å². The summed E-state index contributed by atoms with van der Waals surface area (Å²) in [4.78, 5) is 27.7. The molecule has 2 amide bonds. The molecule has 0 bridgehead atoms. The highest BCUT2D eigenvalue weighted by atomic mass is 35.5. The maximum absolute atomic E-state index is 11.9. The van der Waals surface area contributed by atoms with Gasteiger partial charge in [0, 0.05) is 16.8 Å². The van der Waals surface area contributed by atoms with Gasteiger partial charge < -0.3 is 10.1 Å². The van der Waals surface area contributed by atoms with E-state index >= 15 is 0 Å². The van der Waals surface area contributed by atoms with Crippen molar-refractivity contribution in [1.29, 1.82) is 5.26 Å². The van der Waals surface area contributed by atoms with E-state index in [0.717, 1.165) is 0 Å². The Morgan fingerprint density at radius 2 is 2.22 bits per heavy atom. The van der Waals surface area contributed by atoms with E-state index < -0.39 is 6.03 Å². The Balaban J connectivity index is 1.96. The lowest BCUT2D eigenvalue weighted by Gasteiger charge is -2.06. The zero-order valence-electron chi connectivity index (χ0n) is 11.9. The molecule has 0 saturated heterocycles. The number of ether oxygens (including phenoxy) is 1. The average Bonchev–Trinajstić information content (AvgIpc) is 2.94. The van der Waals surface area contributed by atoms with Gasteiger partial charge in [0.15, 0.2) is 5.13 Å². The van der Waals surface area contributed by atoms with Gasteiger partial charge in [-0.1, -0.05) is 11.6 Å². The van der Waals surface area contributed by atoms with E-state index in [1.54, 1.807) is 6.07 Å². The first kappa shape index (κ1) is 16.7. The number of esters is 1. The summed E-state index contributed by atoms with van der Waals surface area (Å²) >= 11 is 7.06. The van der Waals surface area contributed by atoms with Crippen LogP contribution in [0.5, 0.6) is 0 Å². The van der Waals surface area contributed by atoms with E-state index in [0.29, 0.717) is 21.3 Å². The van der Waals surface area contributed by atoms with Gasteiger partial charge in [0.1, 0.15) is 6.07 Å². The number of carbonyl (C=O) groups is 2. The molecule has 9 heteroatoms. The number of nitrogens with one attached hydrogen (secondary N) is 2. The van der Waals surface area contributed by atoms with Gasteiger partial charge in [-0.15, -0.1) is 11.3 Å². The third-order valence-corrected chi connectivity index (χ3v) is 3.89. The van der Waals surface area contributed by atoms with Crippen molar-refractivity contribution in [3.63, 3.8) is 0 Å². The van der Waals surface area contributed by atoms with Crippen LogP contribution >= 0.6 is 22.9 Å². The van der Waals surface area contributed by atoms with Gasteiger partial charge >= 0.3 is 12.0 Å². The van der Waals surface area contributed by atoms with Crippen molar-refractivity contribution in [2.24, 2.45) is 0 Å². The number of hydrogen-bond acceptors (Lipinski definition) is 6. The first-order chi connectivity index (χ1) is 11.0. The predicted octanol–water partition coefficient (Wildman–Crippen LogP) is 3.03. The summed E-state index contributed by atoms with van der Waals surface area (Å²) in [5.41, 5.74) is 0.767. The van der Waals surface area contributed by atoms with Crippen LogP contribution in [0.3, 0.4) is 0 Å². The van der Waals surface area contributed by atoms with E-state index in [1.165, 1.54) is 36.8 Å². The second kappa shape index (κ2) is 7.58. The van der Waals surface area contributed by atoms with E-state index in [4.69, 9.17) is 16.9 Å². The minimum atomic E-state index is -0.509. The standard InChI is InChI=1S/C14H11ClN4O3S/c1-22-12(20)5-10-7-17-14(23-10)19-13(21)18-9-3-2-8(6-16)11(15)4-9/h2-4,7H,5H2,1H3,(H2,17,18,19,21). The normalized spacial score (nSPS) is 9.78. The molecule has 23 heavy (non-hydrogen) atoms. The predicted molar refractivity (Wildman–Crippen MR) is 86.6 cm³/mol. The van der Waals surface area contributed by atoms with Crippen molar-refractivity contribution in [2.75, 3.05) is 17.7 Å². The Bertz CT molecular complexity index is 785. The number of amides is 2. The van der Waals surface area contributed by atoms with E-state index in [-0.39, 0.29) is 17.4 Å². The molecule has 7 nitrogen and oxygen atoms in total. The summed E-state index contributed by atoms with van der Waals surface area (Å²) in [5, 5.41) is 14.5. The van der Waals surface area contributed by atoms with E-state index in [1.807, 2.05) is 6.07 Å². The number of nitrogens with zero attached hydrogens (tertiary/aromatic N) is 2. The van der Waals surface area contributed by atoms with Crippen LogP contribution in [0, 0.1) is 11.3 Å². The third-order valence-electron chi connectivity index (χ3n) is 2.67. The Labute approximate surface area is 140 Å². The van der Waals surface area contributed by atoms with Crippen LogP contribution in [-0.2, 0) is 16.0 Å². The molecule has 0 saturated carbocycles. The van der Waals surface area contributed by atoms with Gasteiger partial charge in [0.25, 0.3) is 0 Å². The van der Waals surface area contributed by atoms with Crippen LogP contribution in [0.15, 0.2) is 24.4 Å². The lowest BCUT2D eigenvalue weighted by Crippen LogP contribution is -2.19. The van der Waals surface area contributed by atoms with Crippen LogP contribution in [-0.4, -0.2) is 24.1 Å². The number of aromatic nitrogens is 1. The zero-order valence-corrected chi connectivity index (χ0v) is 13.5. The summed E-state index contributed by atoms with van der Waals surface area (Å²) in [6, 6.07) is 5.97. The van der Waals surface area contributed by atoms with Gasteiger partial charge in [0.2, 0.25) is 0 Å². The fourth-order valence-electron chi connectivity index (χ4n) is 1.60. The SMILES string of the molecule is COC(=O)Cc1cnc(NC(=O)Nc2ccc(C#N)c(Cl)c2)s1. The molecule has 0 fully saturated rings. The molecule has 2 aromatic rings. The van der Waals surface area contributed by atoms with Crippen molar-refractivity contribution >= 4 is 45.8 Å². The first-order valence-corrected chi connectivity index (χ1v) is 7.50. The topological polar surface area (TPSA) is 104 Å². The number of methoxy groups -OCH3 is 1. The van der Waals surface area contributed by atoms with Crippen molar-refractivity contribution < 1.29 is 14.3 Å². The number of carbonyl (C=O) groups excluding carboxylic acids is 2. The molecule has 0 unspecified atom stereocenters. The number of anilines is 2. The molecular formula is C14H11ClN4O3S. The summed E-state index contributed by atoms with van der Waals surface area (Å²) in [6.07, 6.45) is 1.60. The molecule has 0 spiro atoms. The number of hydrogen-bond donors (Lipinski definition) is 2. The maximum Gasteiger partial charge on any atom is 0.325 e. The van der Waals surface area contributed by atoms with Crippen molar-refractivity contribution in [3.05, 3.63) is 39.9 Å². The molecule has 2 N–H and O–H groups in total.